The van der Waals surface area contributed by atoms with Gasteiger partial charge in [0, 0.05) is 12.6 Å². The van der Waals surface area contributed by atoms with Crippen molar-refractivity contribution in [3.8, 4) is 0 Å². The van der Waals surface area contributed by atoms with E-state index in [2.05, 4.69) is 13.8 Å². The molecule has 0 radical (unpaired) electrons. The molecule has 0 saturated heterocycles. The third-order valence-electron chi connectivity index (χ3n) is 2.74. The highest BCUT2D eigenvalue weighted by molar-refractivity contribution is 5.09. The summed E-state index contributed by atoms with van der Waals surface area (Å²) in [4.78, 5) is 0. The summed E-state index contributed by atoms with van der Waals surface area (Å²) in [6.45, 7) is 9.06. The van der Waals surface area contributed by atoms with Crippen molar-refractivity contribution in [3.63, 3.8) is 0 Å². The van der Waals surface area contributed by atoms with Crippen LogP contribution in [0.1, 0.15) is 51.2 Å². The SMILES string of the molecule is Cc1ccc(C(OCCCC(C)C)C(C)N)o1. The van der Waals surface area contributed by atoms with Crippen molar-refractivity contribution >= 4 is 0 Å². The molecular weight excluding hydrogens is 214 g/mol. The standard InChI is InChI=1S/C14H25NO2/c1-10(2)6-5-9-16-14(12(4)15)13-8-7-11(3)17-13/h7-8,10,12,14H,5-6,9,15H2,1-4H3. The van der Waals surface area contributed by atoms with E-state index in [9.17, 15) is 0 Å². The fourth-order valence-corrected chi connectivity index (χ4v) is 1.80. The Morgan fingerprint density at radius 3 is 2.47 bits per heavy atom. The van der Waals surface area contributed by atoms with Gasteiger partial charge in [0.15, 0.2) is 0 Å². The van der Waals surface area contributed by atoms with Crippen molar-refractivity contribution in [2.24, 2.45) is 11.7 Å². The topological polar surface area (TPSA) is 48.4 Å². The maximum Gasteiger partial charge on any atom is 0.134 e. The lowest BCUT2D eigenvalue weighted by molar-refractivity contribution is 0.0202. The van der Waals surface area contributed by atoms with Crippen LogP contribution in [-0.2, 0) is 4.74 Å². The van der Waals surface area contributed by atoms with Gasteiger partial charge in [-0.3, -0.25) is 0 Å². The molecule has 0 bridgehead atoms. The second-order valence-corrected chi connectivity index (χ2v) is 5.13. The van der Waals surface area contributed by atoms with Crippen molar-refractivity contribution in [3.05, 3.63) is 23.7 Å². The van der Waals surface area contributed by atoms with Crippen molar-refractivity contribution in [2.45, 2.75) is 52.7 Å². The summed E-state index contributed by atoms with van der Waals surface area (Å²) in [5.41, 5.74) is 5.93. The quantitative estimate of drug-likeness (QED) is 0.742. The van der Waals surface area contributed by atoms with Gasteiger partial charge in [-0.15, -0.1) is 0 Å². The molecule has 0 aromatic carbocycles. The molecule has 0 saturated carbocycles. The lowest BCUT2D eigenvalue weighted by Gasteiger charge is -2.19. The summed E-state index contributed by atoms with van der Waals surface area (Å²) in [5.74, 6) is 2.46. The maximum atomic E-state index is 5.93. The highest BCUT2D eigenvalue weighted by Crippen LogP contribution is 2.23. The van der Waals surface area contributed by atoms with Gasteiger partial charge in [0.1, 0.15) is 17.6 Å². The van der Waals surface area contributed by atoms with E-state index in [0.29, 0.717) is 0 Å². The van der Waals surface area contributed by atoms with Crippen LogP contribution in [0.15, 0.2) is 16.5 Å². The zero-order valence-corrected chi connectivity index (χ0v) is 11.4. The third kappa shape index (κ3) is 4.92. The zero-order valence-electron chi connectivity index (χ0n) is 11.4. The molecule has 3 nitrogen and oxygen atoms in total. The minimum atomic E-state index is -0.129. The summed E-state index contributed by atoms with van der Waals surface area (Å²) in [7, 11) is 0. The fraction of sp³-hybridized carbons (Fsp3) is 0.714. The number of nitrogens with two attached hydrogens (primary N) is 1. The number of aryl methyl sites for hydroxylation is 1. The van der Waals surface area contributed by atoms with Gasteiger partial charge in [0.05, 0.1) is 0 Å². The van der Waals surface area contributed by atoms with E-state index in [-0.39, 0.29) is 12.1 Å². The first-order valence-electron chi connectivity index (χ1n) is 6.44. The summed E-state index contributed by atoms with van der Waals surface area (Å²) in [6, 6.07) is 3.84. The van der Waals surface area contributed by atoms with E-state index in [4.69, 9.17) is 14.9 Å². The maximum absolute atomic E-state index is 5.93. The molecule has 98 valence electrons. The predicted molar refractivity (Wildman–Crippen MR) is 69.9 cm³/mol. The molecule has 0 spiro atoms. The molecule has 2 unspecified atom stereocenters. The van der Waals surface area contributed by atoms with Gasteiger partial charge in [-0.05, 0) is 44.7 Å². The minimum absolute atomic E-state index is 0.0559. The normalized spacial score (nSPS) is 15.2. The van der Waals surface area contributed by atoms with Crippen LogP contribution in [0.2, 0.25) is 0 Å². The second-order valence-electron chi connectivity index (χ2n) is 5.13. The number of hydrogen-bond acceptors (Lipinski definition) is 3. The average Bonchev–Trinajstić information content (AvgIpc) is 2.63. The first kappa shape index (κ1) is 14.3. The summed E-state index contributed by atoms with van der Waals surface area (Å²) < 4.78 is 11.4. The van der Waals surface area contributed by atoms with Crippen LogP contribution in [0.25, 0.3) is 0 Å². The molecule has 0 aliphatic carbocycles. The van der Waals surface area contributed by atoms with Crippen LogP contribution in [0.3, 0.4) is 0 Å². The Bertz CT molecular complexity index is 318. The second kappa shape index (κ2) is 6.82. The predicted octanol–water partition coefficient (Wildman–Crippen LogP) is 3.43. The van der Waals surface area contributed by atoms with Crippen LogP contribution in [0, 0.1) is 12.8 Å². The molecule has 0 aliphatic heterocycles. The lowest BCUT2D eigenvalue weighted by atomic mass is 10.1. The average molecular weight is 239 g/mol. The van der Waals surface area contributed by atoms with E-state index in [1.54, 1.807) is 0 Å². The molecule has 2 atom stereocenters. The van der Waals surface area contributed by atoms with Gasteiger partial charge in [-0.1, -0.05) is 13.8 Å². The van der Waals surface area contributed by atoms with Gasteiger partial charge in [-0.2, -0.15) is 0 Å². The van der Waals surface area contributed by atoms with E-state index in [0.717, 1.165) is 30.5 Å². The summed E-state index contributed by atoms with van der Waals surface area (Å²) in [5, 5.41) is 0. The van der Waals surface area contributed by atoms with E-state index in [1.807, 2.05) is 26.0 Å². The number of ether oxygens (including phenoxy) is 1. The Hall–Kier alpha value is -0.800. The Balaban J connectivity index is 2.44. The number of hydrogen-bond donors (Lipinski definition) is 1. The molecule has 2 N–H and O–H groups in total. The largest absolute Gasteiger partial charge is 0.464 e. The van der Waals surface area contributed by atoms with Crippen molar-refractivity contribution in [1.82, 2.24) is 0 Å². The molecule has 1 heterocycles. The smallest absolute Gasteiger partial charge is 0.134 e. The first-order valence-corrected chi connectivity index (χ1v) is 6.44. The fourth-order valence-electron chi connectivity index (χ4n) is 1.80. The van der Waals surface area contributed by atoms with Crippen LogP contribution >= 0.6 is 0 Å². The Morgan fingerprint density at radius 1 is 1.29 bits per heavy atom. The molecule has 0 fully saturated rings. The molecule has 1 aromatic heterocycles. The van der Waals surface area contributed by atoms with Gasteiger partial charge in [0.25, 0.3) is 0 Å². The van der Waals surface area contributed by atoms with Crippen molar-refractivity contribution in [2.75, 3.05) is 6.61 Å². The van der Waals surface area contributed by atoms with Crippen LogP contribution in [0.4, 0.5) is 0 Å². The first-order chi connectivity index (χ1) is 8.00. The van der Waals surface area contributed by atoms with Crippen LogP contribution in [0.5, 0.6) is 0 Å². The van der Waals surface area contributed by atoms with Crippen molar-refractivity contribution in [1.29, 1.82) is 0 Å². The monoisotopic (exact) mass is 239 g/mol. The van der Waals surface area contributed by atoms with Gasteiger partial charge in [0.2, 0.25) is 0 Å². The highest BCUT2D eigenvalue weighted by atomic mass is 16.5. The molecule has 0 aliphatic rings. The van der Waals surface area contributed by atoms with Gasteiger partial charge >= 0.3 is 0 Å². The van der Waals surface area contributed by atoms with Crippen LogP contribution < -0.4 is 5.73 Å². The lowest BCUT2D eigenvalue weighted by Crippen LogP contribution is -2.27. The Kier molecular flexibility index (Phi) is 5.72. The summed E-state index contributed by atoms with van der Waals surface area (Å²) >= 11 is 0. The van der Waals surface area contributed by atoms with Crippen LogP contribution in [-0.4, -0.2) is 12.6 Å². The number of furan rings is 1. The van der Waals surface area contributed by atoms with Gasteiger partial charge < -0.3 is 14.9 Å². The molecule has 1 aromatic rings. The van der Waals surface area contributed by atoms with Gasteiger partial charge in [-0.25, -0.2) is 0 Å². The Morgan fingerprint density at radius 2 is 2.00 bits per heavy atom. The number of rotatable bonds is 7. The van der Waals surface area contributed by atoms with Crippen molar-refractivity contribution < 1.29 is 9.15 Å². The summed E-state index contributed by atoms with van der Waals surface area (Å²) in [6.07, 6.45) is 2.12. The molecule has 17 heavy (non-hydrogen) atoms. The van der Waals surface area contributed by atoms with E-state index < -0.39 is 0 Å². The van der Waals surface area contributed by atoms with E-state index in [1.165, 1.54) is 6.42 Å². The molecular formula is C14H25NO2. The molecule has 1 rings (SSSR count). The minimum Gasteiger partial charge on any atom is -0.464 e. The Labute approximate surface area is 104 Å². The molecule has 0 amide bonds. The highest BCUT2D eigenvalue weighted by Gasteiger charge is 2.20. The molecule has 3 heteroatoms. The zero-order chi connectivity index (χ0) is 12.8. The third-order valence-corrected chi connectivity index (χ3v) is 2.74. The van der Waals surface area contributed by atoms with E-state index >= 15 is 0 Å².